The average Bonchev–Trinajstić information content (AvgIpc) is 3.21. The smallest absolute Gasteiger partial charge is 0.137 e. The van der Waals surface area contributed by atoms with Crippen molar-refractivity contribution in [2.24, 2.45) is 5.92 Å². The summed E-state index contributed by atoms with van der Waals surface area (Å²) in [7, 11) is 0. The number of hydrogen-bond acceptors (Lipinski definition) is 5. The Kier molecular flexibility index (Phi) is 4.38. The first-order chi connectivity index (χ1) is 14.5. The number of Topliss-reactive ketones (excluding diaryl/α,β-unsaturated/α-hetero) is 1. The zero-order valence-electron chi connectivity index (χ0n) is 15.8. The number of pyridine rings is 1. The third kappa shape index (κ3) is 3.47. The largest absolute Gasteiger partial charge is 0.489 e. The topological polar surface area (TPSA) is 74.4 Å². The highest BCUT2D eigenvalue weighted by Crippen LogP contribution is 2.60. The minimum Gasteiger partial charge on any atom is -0.489 e. The van der Waals surface area contributed by atoms with Crippen molar-refractivity contribution < 1.29 is 23.0 Å². The summed E-state index contributed by atoms with van der Waals surface area (Å²) in [6.45, 7) is 0. The van der Waals surface area contributed by atoms with Crippen molar-refractivity contribution in [3.8, 4) is 17.2 Å². The fraction of sp³-hybridized carbons (Fsp3) is 0.217. The fourth-order valence-electron chi connectivity index (χ4n) is 4.10. The zero-order chi connectivity index (χ0) is 20.8. The molecule has 2 aromatic carbocycles. The van der Waals surface area contributed by atoms with Crippen molar-refractivity contribution in [3.05, 3.63) is 77.5 Å². The van der Waals surface area contributed by atoms with Crippen LogP contribution in [0.2, 0.25) is 0 Å². The number of nitrogens with zero attached hydrogens (tertiary/aromatic N) is 1. The van der Waals surface area contributed by atoms with Crippen LogP contribution in [0.25, 0.3) is 0 Å². The molecule has 0 amide bonds. The van der Waals surface area contributed by atoms with E-state index in [-0.39, 0.29) is 42.1 Å². The van der Waals surface area contributed by atoms with Gasteiger partial charge in [0, 0.05) is 48.6 Å². The van der Waals surface area contributed by atoms with Crippen LogP contribution in [0, 0.1) is 17.6 Å². The molecule has 3 atom stereocenters. The molecule has 1 aliphatic carbocycles. The molecule has 2 N–H and O–H groups in total. The molecule has 30 heavy (non-hydrogen) atoms. The number of aromatic nitrogens is 1. The first-order valence-electron chi connectivity index (χ1n) is 9.63. The number of hydrogen-bond donors (Lipinski definition) is 1. The SMILES string of the molecule is Nc1cc(Oc2ccc3c(c2)[C@H]2[C@H](CC(=O)Cc4ccc(F)cc4F)[C@H]2O3)ccn1. The molecule has 152 valence electrons. The predicted molar refractivity (Wildman–Crippen MR) is 105 cm³/mol. The van der Waals surface area contributed by atoms with Gasteiger partial charge in [0.25, 0.3) is 0 Å². The van der Waals surface area contributed by atoms with E-state index in [0.717, 1.165) is 23.4 Å². The molecule has 3 aromatic rings. The number of benzene rings is 2. The van der Waals surface area contributed by atoms with Gasteiger partial charge in [0.05, 0.1) is 0 Å². The fourth-order valence-corrected chi connectivity index (χ4v) is 4.10. The van der Waals surface area contributed by atoms with E-state index in [1.165, 1.54) is 6.07 Å². The van der Waals surface area contributed by atoms with E-state index in [2.05, 4.69) is 4.98 Å². The van der Waals surface area contributed by atoms with Crippen LogP contribution in [-0.2, 0) is 11.2 Å². The molecule has 2 aliphatic rings. The van der Waals surface area contributed by atoms with Gasteiger partial charge in [-0.2, -0.15) is 0 Å². The molecule has 1 aromatic heterocycles. The number of carbonyl (C=O) groups is 1. The van der Waals surface area contributed by atoms with E-state index in [4.69, 9.17) is 15.2 Å². The molecule has 5 nitrogen and oxygen atoms in total. The highest BCUT2D eigenvalue weighted by atomic mass is 19.1. The minimum absolute atomic E-state index is 0.0474. The molecule has 1 fully saturated rings. The number of fused-ring (bicyclic) bond motifs is 3. The number of ketones is 1. The van der Waals surface area contributed by atoms with E-state index in [1.807, 2.05) is 18.2 Å². The van der Waals surface area contributed by atoms with Crippen LogP contribution < -0.4 is 15.2 Å². The highest BCUT2D eigenvalue weighted by molar-refractivity contribution is 5.82. The second-order valence-electron chi connectivity index (χ2n) is 7.65. The highest BCUT2D eigenvalue weighted by Gasteiger charge is 2.59. The van der Waals surface area contributed by atoms with Gasteiger partial charge < -0.3 is 15.2 Å². The molecule has 5 rings (SSSR count). The lowest BCUT2D eigenvalue weighted by molar-refractivity contribution is -0.119. The lowest BCUT2D eigenvalue weighted by atomic mass is 10.0. The molecule has 0 radical (unpaired) electrons. The van der Waals surface area contributed by atoms with Crippen molar-refractivity contribution in [2.45, 2.75) is 24.9 Å². The van der Waals surface area contributed by atoms with Gasteiger partial charge in [-0.1, -0.05) is 6.07 Å². The van der Waals surface area contributed by atoms with E-state index >= 15 is 0 Å². The molecule has 0 spiro atoms. The Bertz CT molecular complexity index is 1150. The number of carbonyl (C=O) groups excluding carboxylic acids is 1. The quantitative estimate of drug-likeness (QED) is 0.654. The van der Waals surface area contributed by atoms with Crippen LogP contribution in [0.5, 0.6) is 17.2 Å². The van der Waals surface area contributed by atoms with Crippen molar-refractivity contribution >= 4 is 11.6 Å². The Morgan fingerprint density at radius 3 is 2.73 bits per heavy atom. The summed E-state index contributed by atoms with van der Waals surface area (Å²) in [5, 5.41) is 0. The number of anilines is 1. The number of ether oxygens (including phenoxy) is 2. The summed E-state index contributed by atoms with van der Waals surface area (Å²) in [6.07, 6.45) is 1.76. The molecular weight excluding hydrogens is 390 g/mol. The number of rotatable bonds is 6. The summed E-state index contributed by atoms with van der Waals surface area (Å²) in [5.74, 6) is 1.13. The molecule has 0 saturated heterocycles. The maximum atomic E-state index is 13.8. The van der Waals surface area contributed by atoms with Crippen LogP contribution >= 0.6 is 0 Å². The van der Waals surface area contributed by atoms with E-state index in [9.17, 15) is 13.6 Å². The maximum absolute atomic E-state index is 13.8. The van der Waals surface area contributed by atoms with E-state index < -0.39 is 11.6 Å². The van der Waals surface area contributed by atoms with Gasteiger partial charge in [-0.05, 0) is 35.9 Å². The summed E-state index contributed by atoms with van der Waals surface area (Å²) in [6, 6.07) is 12.2. The first-order valence-corrected chi connectivity index (χ1v) is 9.63. The van der Waals surface area contributed by atoms with Gasteiger partial charge >= 0.3 is 0 Å². The minimum atomic E-state index is -0.695. The second kappa shape index (κ2) is 7.09. The zero-order valence-corrected chi connectivity index (χ0v) is 15.8. The Balaban J connectivity index is 1.25. The molecule has 7 heteroatoms. The maximum Gasteiger partial charge on any atom is 0.137 e. The number of halogens is 2. The Morgan fingerprint density at radius 2 is 1.93 bits per heavy atom. The molecule has 2 heterocycles. The lowest BCUT2D eigenvalue weighted by Gasteiger charge is -2.11. The van der Waals surface area contributed by atoms with Crippen LogP contribution in [0.15, 0.2) is 54.7 Å². The summed E-state index contributed by atoms with van der Waals surface area (Å²) in [5.41, 5.74) is 6.90. The molecule has 0 bridgehead atoms. The molecule has 1 aliphatic heterocycles. The monoisotopic (exact) mass is 408 g/mol. The molecule has 0 unspecified atom stereocenters. The van der Waals surface area contributed by atoms with E-state index in [1.54, 1.807) is 18.3 Å². The normalized spacial score (nSPS) is 20.8. The third-order valence-corrected chi connectivity index (χ3v) is 5.55. The standard InChI is InChI=1S/C23H18F2N2O3/c24-13-2-1-12(19(25)8-13)7-14(28)9-18-22-17-10-15(3-4-20(17)30-23(18)22)29-16-5-6-27-21(26)11-16/h1-6,8,10-11,18,22-23H,7,9H2,(H2,26,27)/t18-,22-,23+/m0/s1. The van der Waals surface area contributed by atoms with Crippen molar-refractivity contribution in [1.29, 1.82) is 0 Å². The Hall–Kier alpha value is -3.48. The van der Waals surface area contributed by atoms with Crippen molar-refractivity contribution in [3.63, 3.8) is 0 Å². The number of nitrogens with two attached hydrogens (primary N) is 1. The van der Waals surface area contributed by atoms with Crippen molar-refractivity contribution in [2.75, 3.05) is 5.73 Å². The number of nitrogen functional groups attached to an aromatic ring is 1. The van der Waals surface area contributed by atoms with Crippen LogP contribution in [-0.4, -0.2) is 16.9 Å². The van der Waals surface area contributed by atoms with Crippen LogP contribution in [0.1, 0.15) is 23.5 Å². The molecular formula is C23H18F2N2O3. The van der Waals surface area contributed by atoms with Gasteiger partial charge in [0.1, 0.15) is 46.6 Å². The van der Waals surface area contributed by atoms with Gasteiger partial charge in [-0.3, -0.25) is 4.79 Å². The van der Waals surface area contributed by atoms with Crippen LogP contribution in [0.3, 0.4) is 0 Å². The van der Waals surface area contributed by atoms with Gasteiger partial charge in [-0.25, -0.2) is 13.8 Å². The van der Waals surface area contributed by atoms with Crippen molar-refractivity contribution in [1.82, 2.24) is 4.98 Å². The van der Waals surface area contributed by atoms with Gasteiger partial charge in [-0.15, -0.1) is 0 Å². The third-order valence-electron chi connectivity index (χ3n) is 5.55. The molecule has 1 saturated carbocycles. The van der Waals surface area contributed by atoms with E-state index in [0.29, 0.717) is 17.3 Å². The summed E-state index contributed by atoms with van der Waals surface area (Å²) < 4.78 is 38.6. The summed E-state index contributed by atoms with van der Waals surface area (Å²) >= 11 is 0. The van der Waals surface area contributed by atoms with Gasteiger partial charge in [0.15, 0.2) is 0 Å². The Morgan fingerprint density at radius 1 is 1.10 bits per heavy atom. The summed E-state index contributed by atoms with van der Waals surface area (Å²) in [4.78, 5) is 16.4. The van der Waals surface area contributed by atoms with Crippen LogP contribution in [0.4, 0.5) is 14.6 Å². The Labute approximate surface area is 171 Å². The average molecular weight is 408 g/mol. The first kappa shape index (κ1) is 18.5. The lowest BCUT2D eigenvalue weighted by Crippen LogP contribution is -2.09. The predicted octanol–water partition coefficient (Wildman–Crippen LogP) is 4.41. The second-order valence-corrected chi connectivity index (χ2v) is 7.65. The van der Waals surface area contributed by atoms with Gasteiger partial charge in [0.2, 0.25) is 0 Å².